The van der Waals surface area contributed by atoms with Gasteiger partial charge in [-0.2, -0.15) is 0 Å². The molecule has 0 radical (unpaired) electrons. The number of fused-ring (bicyclic) bond motifs is 3. The van der Waals surface area contributed by atoms with Gasteiger partial charge in [0.25, 0.3) is 0 Å². The van der Waals surface area contributed by atoms with Crippen molar-refractivity contribution in [3.63, 3.8) is 0 Å². The molecule has 0 spiro atoms. The fourth-order valence-corrected chi connectivity index (χ4v) is 5.76. The Morgan fingerprint density at radius 2 is 1.69 bits per heavy atom. The fourth-order valence-electron chi connectivity index (χ4n) is 5.76. The number of ether oxygens (including phenoxy) is 1. The molecule has 0 bridgehead atoms. The van der Waals surface area contributed by atoms with E-state index >= 15 is 0 Å². The second-order valence-corrected chi connectivity index (χ2v) is 11.2. The largest absolute Gasteiger partial charge is 0.401 e. The number of hydrogen-bond acceptors (Lipinski definition) is 6. The number of rotatable bonds is 6. The smallest absolute Gasteiger partial charge is 0.0960 e. The lowest BCUT2D eigenvalue weighted by molar-refractivity contribution is 0.0332. The summed E-state index contributed by atoms with van der Waals surface area (Å²) in [7, 11) is 1.79. The highest BCUT2D eigenvalue weighted by Crippen LogP contribution is 2.46. The summed E-state index contributed by atoms with van der Waals surface area (Å²) in [5, 5.41) is 13.9. The second-order valence-electron chi connectivity index (χ2n) is 11.2. The van der Waals surface area contributed by atoms with Crippen LogP contribution in [-0.2, 0) is 16.9 Å². The van der Waals surface area contributed by atoms with Crippen LogP contribution in [0, 0.1) is 11.8 Å². The molecule has 7 nitrogen and oxygen atoms in total. The molecule has 6 rings (SSSR count). The van der Waals surface area contributed by atoms with Crippen LogP contribution >= 0.6 is 0 Å². The normalized spacial score (nSPS) is 18.3. The van der Waals surface area contributed by atoms with Gasteiger partial charge in [-0.15, -0.1) is 0 Å². The van der Waals surface area contributed by atoms with Crippen LogP contribution in [0.3, 0.4) is 0 Å². The summed E-state index contributed by atoms with van der Waals surface area (Å²) >= 11 is 0. The highest BCUT2D eigenvalue weighted by molar-refractivity contribution is 6.06. The molecule has 1 aliphatic heterocycles. The number of benzene rings is 2. The van der Waals surface area contributed by atoms with E-state index in [0.717, 1.165) is 84.2 Å². The molecule has 7 heteroatoms. The van der Waals surface area contributed by atoms with E-state index in [1.807, 2.05) is 56.4 Å². The van der Waals surface area contributed by atoms with Crippen LogP contribution < -0.4 is 11.6 Å². The first kappa shape index (κ1) is 27.2. The third-order valence-electron chi connectivity index (χ3n) is 8.11. The van der Waals surface area contributed by atoms with Gasteiger partial charge in [-0.1, -0.05) is 48.5 Å². The number of allylic oxidation sites excluding steroid dienone is 1. The van der Waals surface area contributed by atoms with Gasteiger partial charge in [-0.25, -0.2) is 5.84 Å². The zero-order valence-electron chi connectivity index (χ0n) is 23.3. The Bertz CT molecular complexity index is 1420. The van der Waals surface area contributed by atoms with E-state index in [4.69, 9.17) is 21.3 Å². The van der Waals surface area contributed by atoms with E-state index < -0.39 is 5.60 Å². The third kappa shape index (κ3) is 5.81. The minimum absolute atomic E-state index is 0.341. The van der Waals surface area contributed by atoms with E-state index in [0.29, 0.717) is 17.5 Å². The van der Waals surface area contributed by atoms with Gasteiger partial charge in [0.15, 0.2) is 0 Å². The number of aliphatic hydroxyl groups is 1. The van der Waals surface area contributed by atoms with Gasteiger partial charge in [0.05, 0.1) is 27.8 Å². The Morgan fingerprint density at radius 3 is 2.26 bits per heavy atom. The van der Waals surface area contributed by atoms with Crippen molar-refractivity contribution < 1.29 is 9.84 Å². The van der Waals surface area contributed by atoms with Gasteiger partial charge in [0.1, 0.15) is 0 Å². The predicted octanol–water partition coefficient (Wildman–Crippen LogP) is 5.37. The highest BCUT2D eigenvalue weighted by atomic mass is 16.5. The van der Waals surface area contributed by atoms with Crippen LogP contribution in [-0.4, -0.2) is 39.9 Å². The van der Waals surface area contributed by atoms with Crippen LogP contribution in [0.15, 0.2) is 72.6 Å². The van der Waals surface area contributed by atoms with Crippen LogP contribution in [0.2, 0.25) is 0 Å². The average molecular weight is 528 g/mol. The standard InChI is InChI=1S/C26H35N5O2.C6H6/c1-16(27)25(30(3)28)18-12-23-24(29-14-18)21-7-6-20(26(2,32)19-4-5-19)13-22(21)31(23)15-17-8-10-33-11-9-17;1-2-4-6-5-3-1/h6-7,12-14,17,19,32H,4-5,8-11,15,27-28H2,1-3H3;1-6H/b25-16-;. The maximum Gasteiger partial charge on any atom is 0.0960 e. The van der Waals surface area contributed by atoms with Crippen LogP contribution in [0.5, 0.6) is 0 Å². The van der Waals surface area contributed by atoms with Gasteiger partial charge in [-0.3, -0.25) is 4.98 Å². The van der Waals surface area contributed by atoms with Crippen LogP contribution in [0.25, 0.3) is 27.6 Å². The van der Waals surface area contributed by atoms with Crippen LogP contribution in [0.4, 0.5) is 0 Å². The molecule has 1 saturated carbocycles. The molecule has 1 unspecified atom stereocenters. The fraction of sp³-hybridized carbons (Fsp3) is 0.406. The van der Waals surface area contributed by atoms with Crippen molar-refractivity contribution in [2.75, 3.05) is 20.3 Å². The quantitative estimate of drug-likeness (QED) is 0.230. The van der Waals surface area contributed by atoms with Gasteiger partial charge < -0.3 is 25.2 Å². The summed E-state index contributed by atoms with van der Waals surface area (Å²) in [4.78, 5) is 4.87. The molecule has 2 aliphatic rings. The second kappa shape index (κ2) is 11.4. The number of hydrazine groups is 1. The van der Waals surface area contributed by atoms with Crippen molar-refractivity contribution in [1.82, 2.24) is 14.6 Å². The molecule has 206 valence electrons. The van der Waals surface area contributed by atoms with Crippen LogP contribution in [0.1, 0.15) is 50.7 Å². The summed E-state index contributed by atoms with van der Waals surface area (Å²) in [5.41, 5.74) is 11.8. The molecule has 4 aromatic rings. The van der Waals surface area contributed by atoms with Gasteiger partial charge in [0, 0.05) is 49.6 Å². The number of nitrogens with zero attached hydrogens (tertiary/aromatic N) is 3. The van der Waals surface area contributed by atoms with Crippen molar-refractivity contribution >= 4 is 27.6 Å². The predicted molar refractivity (Wildman–Crippen MR) is 158 cm³/mol. The third-order valence-corrected chi connectivity index (χ3v) is 8.11. The lowest BCUT2D eigenvalue weighted by Crippen LogP contribution is -2.26. The summed E-state index contributed by atoms with van der Waals surface area (Å²) in [6.07, 6.45) is 6.12. The van der Waals surface area contributed by atoms with Gasteiger partial charge in [0.2, 0.25) is 0 Å². The first-order valence-corrected chi connectivity index (χ1v) is 13.9. The summed E-state index contributed by atoms with van der Waals surface area (Å²) in [6.45, 7) is 6.31. The zero-order valence-corrected chi connectivity index (χ0v) is 23.3. The SMILES string of the molecule is C/C(N)=C(\c1cnc2c3ccc(C(C)(O)C4CC4)cc3n(CC3CCOCC3)c2c1)N(C)N.c1ccccc1. The lowest BCUT2D eigenvalue weighted by Gasteiger charge is -2.25. The van der Waals surface area contributed by atoms with E-state index in [-0.39, 0.29) is 0 Å². The van der Waals surface area contributed by atoms with E-state index in [1.54, 1.807) is 12.1 Å². The summed E-state index contributed by atoms with van der Waals surface area (Å²) in [5.74, 6) is 6.98. The Labute approximate surface area is 231 Å². The number of aromatic nitrogens is 2. The minimum atomic E-state index is -0.804. The molecule has 1 aliphatic carbocycles. The Balaban J connectivity index is 0.000000455. The highest BCUT2D eigenvalue weighted by Gasteiger charge is 2.41. The van der Waals surface area contributed by atoms with E-state index in [9.17, 15) is 5.11 Å². The number of hydrogen-bond donors (Lipinski definition) is 3. The molecule has 2 fully saturated rings. The first-order valence-electron chi connectivity index (χ1n) is 13.9. The Kier molecular flexibility index (Phi) is 7.93. The molecule has 2 aromatic carbocycles. The molecule has 3 heterocycles. The molecule has 1 saturated heterocycles. The Morgan fingerprint density at radius 1 is 1.05 bits per heavy atom. The molecular formula is C32H41N5O2. The summed E-state index contributed by atoms with van der Waals surface area (Å²) < 4.78 is 7.98. The molecule has 2 aromatic heterocycles. The minimum Gasteiger partial charge on any atom is -0.401 e. The molecule has 0 amide bonds. The van der Waals surface area contributed by atoms with Gasteiger partial charge >= 0.3 is 0 Å². The lowest BCUT2D eigenvalue weighted by atomic mass is 9.90. The van der Waals surface area contributed by atoms with Crippen molar-refractivity contribution in [1.29, 1.82) is 0 Å². The van der Waals surface area contributed by atoms with Crippen molar-refractivity contribution in [3.8, 4) is 0 Å². The first-order chi connectivity index (χ1) is 18.8. The Hall–Kier alpha value is -3.39. The maximum absolute atomic E-state index is 11.2. The topological polar surface area (TPSA) is 103 Å². The van der Waals surface area contributed by atoms with Gasteiger partial charge in [-0.05, 0) is 69.1 Å². The average Bonchev–Trinajstić information content (AvgIpc) is 3.76. The molecule has 1 atom stereocenters. The zero-order chi connectivity index (χ0) is 27.6. The molecular weight excluding hydrogens is 486 g/mol. The molecule has 39 heavy (non-hydrogen) atoms. The van der Waals surface area contributed by atoms with Crippen molar-refractivity contribution in [2.45, 2.75) is 51.7 Å². The van der Waals surface area contributed by atoms with Crippen molar-refractivity contribution in [3.05, 3.63) is 83.7 Å². The van der Waals surface area contributed by atoms with E-state index in [1.165, 1.54) is 0 Å². The monoisotopic (exact) mass is 527 g/mol. The maximum atomic E-state index is 11.2. The number of pyridine rings is 1. The number of nitrogens with two attached hydrogens (primary N) is 2. The van der Waals surface area contributed by atoms with E-state index in [2.05, 4.69) is 28.8 Å². The summed E-state index contributed by atoms with van der Waals surface area (Å²) in [6, 6.07) is 20.5. The molecule has 5 N–H and O–H groups in total. The van der Waals surface area contributed by atoms with Crippen molar-refractivity contribution in [2.24, 2.45) is 23.4 Å².